The molecular weight excluding hydrogens is 406 g/mol. The highest BCUT2D eigenvalue weighted by Crippen LogP contribution is 2.53. The van der Waals surface area contributed by atoms with Crippen molar-refractivity contribution < 1.29 is 9.57 Å². The Labute approximate surface area is 190 Å². The van der Waals surface area contributed by atoms with Gasteiger partial charge in [0.05, 0.1) is 35.4 Å². The normalized spacial score (nSPS) is 26.8. The molecule has 9 heteroatoms. The summed E-state index contributed by atoms with van der Waals surface area (Å²) in [5.41, 5.74) is 12.3. The van der Waals surface area contributed by atoms with Crippen molar-refractivity contribution in [2.24, 2.45) is 27.9 Å². The molecule has 0 radical (unpaired) electrons. The van der Waals surface area contributed by atoms with E-state index in [-0.39, 0.29) is 12.3 Å². The van der Waals surface area contributed by atoms with Gasteiger partial charge in [0.2, 0.25) is 5.96 Å². The molecule has 4 rings (SSSR count). The van der Waals surface area contributed by atoms with E-state index in [1.54, 1.807) is 7.05 Å². The first-order valence-corrected chi connectivity index (χ1v) is 11.6. The predicted octanol–water partition coefficient (Wildman–Crippen LogP) is 2.39. The van der Waals surface area contributed by atoms with E-state index in [0.717, 1.165) is 30.7 Å². The maximum absolute atomic E-state index is 6.46. The number of ether oxygens (including phenoxy) is 1. The number of hydrogen-bond acceptors (Lipinski definition) is 7. The average molecular weight is 444 g/mol. The molecule has 0 spiro atoms. The first-order valence-electron chi connectivity index (χ1n) is 11.6. The van der Waals surface area contributed by atoms with Gasteiger partial charge in [-0.3, -0.25) is 0 Å². The summed E-state index contributed by atoms with van der Waals surface area (Å²) in [5.74, 6) is 7.96. The maximum Gasteiger partial charge on any atom is 0.218 e. The molecule has 2 aliphatic carbocycles. The fourth-order valence-corrected chi connectivity index (χ4v) is 4.47. The number of hydrogen-bond donors (Lipinski definition) is 4. The first kappa shape index (κ1) is 22.7. The van der Waals surface area contributed by atoms with E-state index in [9.17, 15) is 0 Å². The van der Waals surface area contributed by atoms with Crippen LogP contribution in [0.3, 0.4) is 0 Å². The lowest BCUT2D eigenvalue weighted by Crippen LogP contribution is -2.33. The number of nitrogens with zero attached hydrogens (tertiary/aromatic N) is 3. The quantitative estimate of drug-likeness (QED) is 0.374. The third kappa shape index (κ3) is 5.10. The number of pyridine rings is 1. The molecule has 1 aromatic rings. The second-order valence-electron chi connectivity index (χ2n) is 9.88. The number of aryl methyl sites for hydroxylation is 1. The number of rotatable bonds is 7. The lowest BCUT2D eigenvalue weighted by atomic mass is 9.98. The molecule has 1 aromatic heterocycles. The fraction of sp³-hybridized carbons (Fsp3) is 0.652. The molecule has 2 unspecified atom stereocenters. The summed E-state index contributed by atoms with van der Waals surface area (Å²) in [5, 5.41) is 4.78. The molecule has 1 saturated heterocycles. The topological polar surface area (TPSA) is 123 Å². The fourth-order valence-electron chi connectivity index (χ4n) is 4.47. The zero-order valence-corrected chi connectivity index (χ0v) is 19.6. The highest BCUT2D eigenvalue weighted by Gasteiger charge is 2.52. The van der Waals surface area contributed by atoms with Crippen LogP contribution in [0.25, 0.3) is 5.70 Å². The van der Waals surface area contributed by atoms with Crippen LogP contribution in [-0.2, 0) is 4.84 Å². The molecule has 9 nitrogen and oxygen atoms in total. The van der Waals surface area contributed by atoms with Crippen LogP contribution < -0.4 is 27.1 Å². The van der Waals surface area contributed by atoms with Crippen molar-refractivity contribution >= 4 is 11.7 Å². The zero-order valence-electron chi connectivity index (χ0n) is 19.6. The van der Waals surface area contributed by atoms with Gasteiger partial charge in [-0.15, -0.1) is 0 Å². The molecule has 2 heterocycles. The monoisotopic (exact) mass is 443 g/mol. The highest BCUT2D eigenvalue weighted by molar-refractivity contribution is 5.80. The second kappa shape index (κ2) is 9.15. The van der Waals surface area contributed by atoms with Gasteiger partial charge in [0.1, 0.15) is 5.75 Å². The van der Waals surface area contributed by atoms with Crippen LogP contribution in [0.5, 0.6) is 5.75 Å². The number of aromatic nitrogens is 1. The number of hydroxylamine groups is 1. The second-order valence-corrected chi connectivity index (χ2v) is 9.88. The third-order valence-electron chi connectivity index (χ3n) is 6.80. The van der Waals surface area contributed by atoms with Gasteiger partial charge in [0.25, 0.3) is 0 Å². The van der Waals surface area contributed by atoms with Crippen LogP contribution in [0.2, 0.25) is 0 Å². The Kier molecular flexibility index (Phi) is 6.48. The summed E-state index contributed by atoms with van der Waals surface area (Å²) in [6.07, 6.45) is 7.32. The van der Waals surface area contributed by atoms with Crippen molar-refractivity contribution in [1.29, 1.82) is 0 Å². The Bertz CT molecular complexity index is 890. The van der Waals surface area contributed by atoms with Gasteiger partial charge in [-0.2, -0.15) is 0 Å². The Hall–Kier alpha value is -2.52. The van der Waals surface area contributed by atoms with Crippen LogP contribution in [0.4, 0.5) is 0 Å². The van der Waals surface area contributed by atoms with E-state index in [1.165, 1.54) is 24.3 Å². The number of likely N-dealkylation sites (N-methyl/N-ethyl adjacent to an activating group) is 1. The predicted molar refractivity (Wildman–Crippen MR) is 125 cm³/mol. The Morgan fingerprint density at radius 1 is 1.31 bits per heavy atom. The van der Waals surface area contributed by atoms with E-state index in [2.05, 4.69) is 34.6 Å². The molecule has 32 heavy (non-hydrogen) atoms. The van der Waals surface area contributed by atoms with E-state index in [0.29, 0.717) is 40.9 Å². The molecule has 3 fully saturated rings. The van der Waals surface area contributed by atoms with Gasteiger partial charge in [-0.1, -0.05) is 20.3 Å². The SMILES string of the molecule is Cc1nc(/C(N)=C(\CN=C2NOC(C3CC3(C)C)N2)N(C)N)ccc1OC1CCCCC1. The minimum atomic E-state index is -0.0647. The molecule has 6 N–H and O–H groups in total. The summed E-state index contributed by atoms with van der Waals surface area (Å²) in [4.78, 5) is 14.9. The lowest BCUT2D eigenvalue weighted by molar-refractivity contribution is 0.0152. The maximum atomic E-state index is 6.46. The van der Waals surface area contributed by atoms with Gasteiger partial charge < -0.3 is 20.8 Å². The molecule has 2 atom stereocenters. The summed E-state index contributed by atoms with van der Waals surface area (Å²) in [7, 11) is 1.75. The van der Waals surface area contributed by atoms with Crippen molar-refractivity contribution in [1.82, 2.24) is 20.8 Å². The van der Waals surface area contributed by atoms with Gasteiger partial charge in [0.15, 0.2) is 6.23 Å². The Morgan fingerprint density at radius 3 is 2.66 bits per heavy atom. The summed E-state index contributed by atoms with van der Waals surface area (Å²) in [6, 6.07) is 3.84. The molecule has 3 aliphatic rings. The smallest absolute Gasteiger partial charge is 0.218 e. The van der Waals surface area contributed by atoms with Crippen LogP contribution in [0, 0.1) is 18.3 Å². The van der Waals surface area contributed by atoms with Crippen molar-refractivity contribution in [2.75, 3.05) is 13.6 Å². The van der Waals surface area contributed by atoms with Crippen LogP contribution in [-0.4, -0.2) is 41.9 Å². The first-order chi connectivity index (χ1) is 15.2. The third-order valence-corrected chi connectivity index (χ3v) is 6.80. The van der Waals surface area contributed by atoms with Gasteiger partial charge in [-0.25, -0.2) is 26.1 Å². The van der Waals surface area contributed by atoms with Gasteiger partial charge in [-0.05, 0) is 56.6 Å². The van der Waals surface area contributed by atoms with Crippen molar-refractivity contribution in [3.63, 3.8) is 0 Å². The van der Waals surface area contributed by atoms with Gasteiger partial charge in [0, 0.05) is 13.0 Å². The van der Waals surface area contributed by atoms with Crippen molar-refractivity contribution in [3.8, 4) is 5.75 Å². The molecule has 0 amide bonds. The number of nitrogens with one attached hydrogen (secondary N) is 2. The number of guanidine groups is 1. The van der Waals surface area contributed by atoms with Crippen molar-refractivity contribution in [2.45, 2.75) is 71.6 Å². The minimum Gasteiger partial charge on any atom is -0.489 e. The summed E-state index contributed by atoms with van der Waals surface area (Å²) < 4.78 is 6.19. The number of aliphatic imine (C=N–C) groups is 1. The average Bonchev–Trinajstić information content (AvgIpc) is 3.17. The Morgan fingerprint density at radius 2 is 2.03 bits per heavy atom. The van der Waals surface area contributed by atoms with E-state index in [4.69, 9.17) is 21.2 Å². The molecule has 2 saturated carbocycles. The summed E-state index contributed by atoms with van der Waals surface area (Å²) in [6.45, 7) is 6.72. The van der Waals surface area contributed by atoms with Gasteiger partial charge >= 0.3 is 0 Å². The molecule has 0 bridgehead atoms. The highest BCUT2D eigenvalue weighted by atomic mass is 16.7. The number of nitrogens with two attached hydrogens (primary N) is 2. The Balaban J connectivity index is 1.44. The molecule has 0 aromatic carbocycles. The standard InChI is InChI=1S/C23H37N7O2/c1-14-19(31-15-8-6-5-7-9-15)11-10-17(27-14)20(24)18(30(4)25)13-26-22-28-21(32-29-22)16-12-23(16,2)3/h10-11,15-16,21H,5-9,12-13,24-25H2,1-4H3,(H2,26,28,29)/b20-18-. The lowest BCUT2D eigenvalue weighted by Gasteiger charge is -2.24. The minimum absolute atomic E-state index is 0.0647. The van der Waals surface area contributed by atoms with Crippen LogP contribution in [0.1, 0.15) is 63.8 Å². The molecule has 176 valence electrons. The van der Waals surface area contributed by atoms with E-state index >= 15 is 0 Å². The largest absolute Gasteiger partial charge is 0.489 e. The molecular formula is C23H37N7O2. The van der Waals surface area contributed by atoms with E-state index in [1.807, 2.05) is 19.1 Å². The van der Waals surface area contributed by atoms with E-state index < -0.39 is 0 Å². The van der Waals surface area contributed by atoms with Crippen LogP contribution in [0.15, 0.2) is 22.8 Å². The van der Waals surface area contributed by atoms with Crippen molar-refractivity contribution in [3.05, 3.63) is 29.2 Å². The number of hydrazine groups is 1. The zero-order chi connectivity index (χ0) is 22.9. The summed E-state index contributed by atoms with van der Waals surface area (Å²) >= 11 is 0. The van der Waals surface area contributed by atoms with Crippen LogP contribution >= 0.6 is 0 Å². The molecule has 1 aliphatic heterocycles.